The molecule has 110 valence electrons. The first-order valence-electron chi connectivity index (χ1n) is 6.08. The zero-order chi connectivity index (χ0) is 15.4. The maximum Gasteiger partial charge on any atom is 0.252 e. The molecule has 4 nitrogen and oxygen atoms in total. The molecule has 0 aliphatic heterocycles. The van der Waals surface area contributed by atoms with E-state index < -0.39 is 22.8 Å². The molecule has 0 aliphatic rings. The van der Waals surface area contributed by atoms with Gasteiger partial charge in [0.25, 0.3) is 5.03 Å². The summed E-state index contributed by atoms with van der Waals surface area (Å²) in [5.74, 6) is -2.42. The summed E-state index contributed by atoms with van der Waals surface area (Å²) in [6.07, 6.45) is 1.34. The number of carbonyl (C=O) groups excluding carboxylic acids is 1. The van der Waals surface area contributed by atoms with Crippen molar-refractivity contribution in [2.75, 3.05) is 5.32 Å². The van der Waals surface area contributed by atoms with Crippen LogP contribution in [-0.2, 0) is 4.79 Å². The summed E-state index contributed by atoms with van der Waals surface area (Å²) in [6.45, 7) is 1.62. The van der Waals surface area contributed by atoms with Gasteiger partial charge in [-0.2, -0.15) is 4.73 Å². The van der Waals surface area contributed by atoms with Crippen molar-refractivity contribution in [3.05, 3.63) is 59.4 Å². The van der Waals surface area contributed by atoms with E-state index in [-0.39, 0.29) is 5.69 Å². The minimum atomic E-state index is -1.03. The van der Waals surface area contributed by atoms with Crippen LogP contribution in [0.4, 0.5) is 14.5 Å². The maximum absolute atomic E-state index is 13.1. The smallest absolute Gasteiger partial charge is 0.252 e. The van der Waals surface area contributed by atoms with Crippen molar-refractivity contribution < 1.29 is 18.3 Å². The zero-order valence-electron chi connectivity index (χ0n) is 11.0. The Morgan fingerprint density at radius 3 is 2.71 bits per heavy atom. The van der Waals surface area contributed by atoms with Crippen LogP contribution in [0.1, 0.15) is 6.92 Å². The Morgan fingerprint density at radius 2 is 2.05 bits per heavy atom. The fourth-order valence-electron chi connectivity index (χ4n) is 1.56. The Balaban J connectivity index is 2.02. The van der Waals surface area contributed by atoms with Gasteiger partial charge in [0.15, 0.2) is 17.8 Å². The van der Waals surface area contributed by atoms with Crippen molar-refractivity contribution in [1.82, 2.24) is 0 Å². The van der Waals surface area contributed by atoms with E-state index in [1.807, 2.05) is 0 Å². The zero-order valence-corrected chi connectivity index (χ0v) is 11.9. The number of nitrogens with one attached hydrogen (secondary N) is 1. The van der Waals surface area contributed by atoms with Gasteiger partial charge in [-0.3, -0.25) is 4.79 Å². The van der Waals surface area contributed by atoms with E-state index in [0.717, 1.165) is 23.9 Å². The number of pyridine rings is 1. The van der Waals surface area contributed by atoms with Crippen LogP contribution in [0.3, 0.4) is 0 Å². The molecule has 1 heterocycles. The molecule has 2 rings (SSSR count). The lowest BCUT2D eigenvalue weighted by Crippen LogP contribution is -2.30. The molecule has 0 fully saturated rings. The van der Waals surface area contributed by atoms with E-state index in [9.17, 15) is 18.8 Å². The first kappa shape index (κ1) is 15.2. The predicted octanol–water partition coefficient (Wildman–Crippen LogP) is 2.72. The van der Waals surface area contributed by atoms with Gasteiger partial charge >= 0.3 is 0 Å². The predicted molar refractivity (Wildman–Crippen MR) is 75.7 cm³/mol. The second kappa shape index (κ2) is 6.53. The Morgan fingerprint density at radius 1 is 1.29 bits per heavy atom. The van der Waals surface area contributed by atoms with Gasteiger partial charge in [-0.15, -0.1) is 0 Å². The first-order chi connectivity index (χ1) is 9.97. The number of nitrogens with zero attached hydrogens (tertiary/aromatic N) is 1. The van der Waals surface area contributed by atoms with Crippen molar-refractivity contribution in [3.8, 4) is 0 Å². The molecule has 1 aromatic carbocycles. The van der Waals surface area contributed by atoms with Crippen LogP contribution in [0.25, 0.3) is 0 Å². The average Bonchev–Trinajstić information content (AvgIpc) is 2.45. The molecule has 0 saturated heterocycles. The van der Waals surface area contributed by atoms with Crippen molar-refractivity contribution >= 4 is 23.4 Å². The fraction of sp³-hybridized carbons (Fsp3) is 0.143. The van der Waals surface area contributed by atoms with E-state index in [1.165, 1.54) is 12.3 Å². The highest BCUT2D eigenvalue weighted by molar-refractivity contribution is 8.00. The van der Waals surface area contributed by atoms with E-state index in [0.29, 0.717) is 9.76 Å². The van der Waals surface area contributed by atoms with Crippen LogP contribution in [0.5, 0.6) is 0 Å². The van der Waals surface area contributed by atoms with Crippen LogP contribution in [0.15, 0.2) is 47.6 Å². The van der Waals surface area contributed by atoms with E-state index >= 15 is 0 Å². The lowest BCUT2D eigenvalue weighted by Gasteiger charge is -2.11. The van der Waals surface area contributed by atoms with E-state index in [1.54, 1.807) is 25.1 Å². The summed E-state index contributed by atoms with van der Waals surface area (Å²) in [6, 6.07) is 7.98. The number of benzene rings is 1. The van der Waals surface area contributed by atoms with Gasteiger partial charge in [-0.05, 0) is 36.9 Å². The second-order valence-corrected chi connectivity index (χ2v) is 5.60. The van der Waals surface area contributed by atoms with Gasteiger partial charge in [0, 0.05) is 23.9 Å². The molecule has 1 amide bonds. The number of rotatable bonds is 4. The Hall–Kier alpha value is -2.15. The largest absolute Gasteiger partial charge is 0.618 e. The van der Waals surface area contributed by atoms with Crippen molar-refractivity contribution in [1.29, 1.82) is 0 Å². The van der Waals surface area contributed by atoms with Gasteiger partial charge in [0.2, 0.25) is 5.91 Å². The third-order valence-corrected chi connectivity index (χ3v) is 3.77. The summed E-state index contributed by atoms with van der Waals surface area (Å²) in [4.78, 5) is 12.0. The highest BCUT2D eigenvalue weighted by atomic mass is 32.2. The molecule has 0 saturated carbocycles. The average molecular weight is 310 g/mol. The molecule has 2 aromatic rings. The number of carbonyl (C=O) groups is 1. The number of halogens is 2. The molecule has 0 radical (unpaired) electrons. The number of anilines is 1. The molecule has 1 N–H and O–H groups in total. The lowest BCUT2D eigenvalue weighted by molar-refractivity contribution is -0.645. The summed E-state index contributed by atoms with van der Waals surface area (Å²) in [5.41, 5.74) is 0.161. The minimum Gasteiger partial charge on any atom is -0.618 e. The first-order valence-corrected chi connectivity index (χ1v) is 6.96. The van der Waals surface area contributed by atoms with E-state index in [2.05, 4.69) is 5.32 Å². The molecular weight excluding hydrogens is 298 g/mol. The van der Waals surface area contributed by atoms with Gasteiger partial charge in [0.1, 0.15) is 0 Å². The number of hydrogen-bond acceptors (Lipinski definition) is 3. The molecule has 21 heavy (non-hydrogen) atoms. The SMILES string of the molecule is C[C@H](Sc1cccc[n+]1[O-])C(=O)Nc1ccc(F)c(F)c1. The van der Waals surface area contributed by atoms with Gasteiger partial charge in [-0.25, -0.2) is 8.78 Å². The van der Waals surface area contributed by atoms with Crippen molar-refractivity contribution in [3.63, 3.8) is 0 Å². The summed E-state index contributed by atoms with van der Waals surface area (Å²) in [5, 5.41) is 13.8. The topological polar surface area (TPSA) is 56.0 Å². The Kier molecular flexibility index (Phi) is 4.74. The van der Waals surface area contributed by atoms with Crippen LogP contribution in [0, 0.1) is 16.8 Å². The molecular formula is C14H12F2N2O2S. The molecule has 0 aliphatic carbocycles. The van der Waals surface area contributed by atoms with Crippen LogP contribution >= 0.6 is 11.8 Å². The quantitative estimate of drug-likeness (QED) is 0.537. The summed E-state index contributed by atoms with van der Waals surface area (Å²) >= 11 is 1.08. The number of hydrogen-bond donors (Lipinski definition) is 1. The van der Waals surface area contributed by atoms with Crippen LogP contribution < -0.4 is 10.0 Å². The molecule has 0 bridgehead atoms. The fourth-order valence-corrected chi connectivity index (χ4v) is 2.41. The monoisotopic (exact) mass is 310 g/mol. The van der Waals surface area contributed by atoms with Crippen LogP contribution in [-0.4, -0.2) is 11.2 Å². The highest BCUT2D eigenvalue weighted by Gasteiger charge is 2.19. The van der Waals surface area contributed by atoms with Gasteiger partial charge in [0.05, 0.1) is 5.25 Å². The summed E-state index contributed by atoms with van der Waals surface area (Å²) < 4.78 is 26.5. The summed E-state index contributed by atoms with van der Waals surface area (Å²) in [7, 11) is 0. The number of aromatic nitrogens is 1. The highest BCUT2D eigenvalue weighted by Crippen LogP contribution is 2.21. The van der Waals surface area contributed by atoms with Gasteiger partial charge < -0.3 is 10.5 Å². The van der Waals surface area contributed by atoms with Crippen LogP contribution in [0.2, 0.25) is 0 Å². The molecule has 0 unspecified atom stereocenters. The van der Waals surface area contributed by atoms with Crippen molar-refractivity contribution in [2.45, 2.75) is 17.2 Å². The molecule has 1 aromatic heterocycles. The lowest BCUT2D eigenvalue weighted by atomic mass is 10.3. The number of thioether (sulfide) groups is 1. The minimum absolute atomic E-state index is 0.161. The van der Waals surface area contributed by atoms with Crippen molar-refractivity contribution in [2.24, 2.45) is 0 Å². The normalized spacial score (nSPS) is 12.0. The third kappa shape index (κ3) is 3.91. The van der Waals surface area contributed by atoms with E-state index in [4.69, 9.17) is 0 Å². The molecule has 0 spiro atoms. The molecule has 7 heteroatoms. The Labute approximate surface area is 124 Å². The Bertz CT molecular complexity index is 667. The second-order valence-electron chi connectivity index (χ2n) is 4.24. The number of amides is 1. The maximum atomic E-state index is 13.1. The van der Waals surface area contributed by atoms with Gasteiger partial charge in [-0.1, -0.05) is 0 Å². The molecule has 1 atom stereocenters. The third-order valence-electron chi connectivity index (χ3n) is 2.64. The standard InChI is InChI=1S/C14H12F2N2O2S/c1-9(21-13-4-2-3-7-18(13)20)14(19)17-10-5-6-11(15)12(16)8-10/h2-9H,1H3,(H,17,19)/t9-/m0/s1.